The second-order valence-electron chi connectivity index (χ2n) is 7.19. The van der Waals surface area contributed by atoms with Crippen molar-refractivity contribution < 1.29 is 31.9 Å². The molecule has 0 radical (unpaired) electrons. The van der Waals surface area contributed by atoms with Gasteiger partial charge in [0.15, 0.2) is 6.39 Å². The molecule has 2 aliphatic rings. The Morgan fingerprint density at radius 2 is 1.86 bits per heavy atom. The van der Waals surface area contributed by atoms with Crippen LogP contribution >= 0.6 is 0 Å². The van der Waals surface area contributed by atoms with Crippen molar-refractivity contribution >= 4 is 17.5 Å². The fourth-order valence-corrected chi connectivity index (χ4v) is 3.66. The lowest BCUT2D eigenvalue weighted by Crippen LogP contribution is -2.45. The highest BCUT2D eigenvalue weighted by atomic mass is 19.4. The van der Waals surface area contributed by atoms with E-state index in [0.717, 1.165) is 31.4 Å². The highest BCUT2D eigenvalue weighted by Gasteiger charge is 2.37. The number of morpholine rings is 1. The number of halogens is 3. The monoisotopic (exact) mass is 409 g/mol. The number of aryl methyl sites for hydroxylation is 1. The molecule has 1 N–H and O–H groups in total. The van der Waals surface area contributed by atoms with E-state index in [-0.39, 0.29) is 29.2 Å². The predicted molar refractivity (Wildman–Crippen MR) is 94.4 cm³/mol. The van der Waals surface area contributed by atoms with Crippen molar-refractivity contribution in [3.8, 4) is 0 Å². The molecule has 10 heteroatoms. The number of fused-ring (bicyclic) bond motifs is 2. The molecule has 154 valence electrons. The summed E-state index contributed by atoms with van der Waals surface area (Å²) in [4.78, 5) is 30.5. The second kappa shape index (κ2) is 7.18. The maximum atomic E-state index is 13.4. The number of nitrogens with one attached hydrogen (secondary N) is 1. The van der Waals surface area contributed by atoms with E-state index in [4.69, 9.17) is 9.15 Å². The average molecular weight is 409 g/mol. The maximum absolute atomic E-state index is 13.4. The van der Waals surface area contributed by atoms with Gasteiger partial charge < -0.3 is 19.4 Å². The van der Waals surface area contributed by atoms with E-state index in [2.05, 4.69) is 10.3 Å². The number of hydrogen-bond donors (Lipinski definition) is 1. The molecule has 0 saturated carbocycles. The number of oxazole rings is 1. The van der Waals surface area contributed by atoms with Crippen molar-refractivity contribution in [2.75, 3.05) is 18.4 Å². The molecular formula is C19H18F3N3O4. The molecule has 29 heavy (non-hydrogen) atoms. The molecule has 2 atom stereocenters. The fraction of sp³-hybridized carbons (Fsp3) is 0.421. The van der Waals surface area contributed by atoms with Gasteiger partial charge in [0, 0.05) is 24.3 Å². The van der Waals surface area contributed by atoms with Crippen LogP contribution in [0.5, 0.6) is 0 Å². The van der Waals surface area contributed by atoms with E-state index in [1.807, 2.05) is 0 Å². The van der Waals surface area contributed by atoms with Gasteiger partial charge in [-0.1, -0.05) is 0 Å². The van der Waals surface area contributed by atoms with Gasteiger partial charge in [0.25, 0.3) is 11.8 Å². The van der Waals surface area contributed by atoms with E-state index in [0.29, 0.717) is 18.8 Å². The van der Waals surface area contributed by atoms with Crippen LogP contribution in [0.1, 0.15) is 45.0 Å². The quantitative estimate of drug-likeness (QED) is 0.841. The number of rotatable bonds is 3. The molecule has 2 aliphatic heterocycles. The standard InChI is InChI=1S/C19H18F3N3O4/c1-10-16(28-9-23-10)17(26)24-13-5-11(4-12(6-13)19(20,21)22)18(27)25-7-14-2-3-15(8-25)29-14/h4-6,9,14-15H,2-3,7-8H2,1H3,(H,24,26)/t14-,15+. The summed E-state index contributed by atoms with van der Waals surface area (Å²) in [6.07, 6.45) is -2.13. The van der Waals surface area contributed by atoms with Gasteiger partial charge in [-0.15, -0.1) is 0 Å². The third kappa shape index (κ3) is 3.98. The van der Waals surface area contributed by atoms with Crippen LogP contribution in [0.4, 0.5) is 18.9 Å². The van der Waals surface area contributed by atoms with Gasteiger partial charge in [-0.25, -0.2) is 4.98 Å². The van der Waals surface area contributed by atoms with Crippen molar-refractivity contribution in [1.82, 2.24) is 9.88 Å². The zero-order chi connectivity index (χ0) is 20.8. The Labute approximate surface area is 163 Å². The molecule has 0 unspecified atom stereocenters. The van der Waals surface area contributed by atoms with Crippen LogP contribution in [0.3, 0.4) is 0 Å². The summed E-state index contributed by atoms with van der Waals surface area (Å²) in [7, 11) is 0. The van der Waals surface area contributed by atoms with Crippen LogP contribution in [0.15, 0.2) is 29.0 Å². The van der Waals surface area contributed by atoms with Crippen LogP contribution in [-0.4, -0.2) is 47.0 Å². The molecule has 2 saturated heterocycles. The van der Waals surface area contributed by atoms with Gasteiger partial charge in [0.2, 0.25) is 5.76 Å². The molecule has 3 heterocycles. The Morgan fingerprint density at radius 3 is 2.45 bits per heavy atom. The first kappa shape index (κ1) is 19.4. The van der Waals surface area contributed by atoms with Crippen molar-refractivity contribution in [2.24, 2.45) is 0 Å². The fourth-order valence-electron chi connectivity index (χ4n) is 3.66. The summed E-state index contributed by atoms with van der Waals surface area (Å²) in [5, 5.41) is 2.36. The topological polar surface area (TPSA) is 84.7 Å². The normalized spacial score (nSPS) is 21.3. The highest BCUT2D eigenvalue weighted by molar-refractivity contribution is 6.04. The van der Waals surface area contributed by atoms with Crippen LogP contribution < -0.4 is 5.32 Å². The van der Waals surface area contributed by atoms with Crippen LogP contribution in [-0.2, 0) is 10.9 Å². The summed E-state index contributed by atoms with van der Waals surface area (Å²) >= 11 is 0. The lowest BCUT2D eigenvalue weighted by molar-refractivity contribution is -0.137. The Kier molecular flexibility index (Phi) is 4.81. The lowest BCUT2D eigenvalue weighted by Gasteiger charge is -2.32. The maximum Gasteiger partial charge on any atom is 0.416 e. The molecule has 1 aromatic carbocycles. The molecule has 2 amide bonds. The third-order valence-electron chi connectivity index (χ3n) is 5.05. The van der Waals surface area contributed by atoms with Crippen LogP contribution in [0.2, 0.25) is 0 Å². The zero-order valence-corrected chi connectivity index (χ0v) is 15.5. The van der Waals surface area contributed by atoms with Crippen molar-refractivity contribution in [2.45, 2.75) is 38.1 Å². The first-order chi connectivity index (χ1) is 13.7. The van der Waals surface area contributed by atoms with E-state index in [1.54, 1.807) is 0 Å². The molecule has 1 aromatic heterocycles. The Balaban J connectivity index is 1.63. The summed E-state index contributed by atoms with van der Waals surface area (Å²) in [5.74, 6) is -1.38. The number of ether oxygens (including phenoxy) is 1. The summed E-state index contributed by atoms with van der Waals surface area (Å²) in [6.45, 7) is 2.21. The number of carbonyl (C=O) groups is 2. The SMILES string of the molecule is Cc1ncoc1C(=O)Nc1cc(C(=O)N2C[C@H]3CC[C@@H](C2)O3)cc(C(F)(F)F)c1. The first-order valence-electron chi connectivity index (χ1n) is 9.09. The smallest absolute Gasteiger partial charge is 0.416 e. The minimum atomic E-state index is -4.68. The number of nitrogens with zero attached hydrogens (tertiary/aromatic N) is 2. The number of hydrogen-bond acceptors (Lipinski definition) is 5. The van der Waals surface area contributed by atoms with Gasteiger partial charge in [-0.3, -0.25) is 9.59 Å². The zero-order valence-electron chi connectivity index (χ0n) is 15.5. The predicted octanol–water partition coefficient (Wildman–Crippen LogP) is 3.26. The minimum absolute atomic E-state index is 0.0860. The first-order valence-corrected chi connectivity index (χ1v) is 9.09. The van der Waals surface area contributed by atoms with E-state index in [1.165, 1.54) is 17.9 Å². The van der Waals surface area contributed by atoms with Gasteiger partial charge in [0.1, 0.15) is 0 Å². The van der Waals surface area contributed by atoms with Crippen molar-refractivity contribution in [3.63, 3.8) is 0 Å². The minimum Gasteiger partial charge on any atom is -0.438 e. The highest BCUT2D eigenvalue weighted by Crippen LogP contribution is 2.33. The molecule has 0 aliphatic carbocycles. The third-order valence-corrected chi connectivity index (χ3v) is 5.05. The van der Waals surface area contributed by atoms with Gasteiger partial charge >= 0.3 is 6.18 Å². The van der Waals surface area contributed by atoms with Gasteiger partial charge in [-0.05, 0) is 38.0 Å². The van der Waals surface area contributed by atoms with Crippen molar-refractivity contribution in [1.29, 1.82) is 0 Å². The summed E-state index contributed by atoms with van der Waals surface area (Å²) in [5.41, 5.74) is -1.02. The summed E-state index contributed by atoms with van der Waals surface area (Å²) in [6, 6.07) is 2.82. The van der Waals surface area contributed by atoms with Crippen LogP contribution in [0, 0.1) is 6.92 Å². The molecular weight excluding hydrogens is 391 g/mol. The molecule has 4 rings (SSSR count). The van der Waals surface area contributed by atoms with Crippen molar-refractivity contribution in [3.05, 3.63) is 47.2 Å². The molecule has 7 nitrogen and oxygen atoms in total. The molecule has 2 fully saturated rings. The Hall–Kier alpha value is -2.88. The van der Waals surface area contributed by atoms with Crippen LogP contribution in [0.25, 0.3) is 0 Å². The van der Waals surface area contributed by atoms with Gasteiger partial charge in [0.05, 0.1) is 23.5 Å². The molecule has 2 bridgehead atoms. The number of anilines is 1. The number of aromatic nitrogens is 1. The largest absolute Gasteiger partial charge is 0.438 e. The number of amides is 2. The second-order valence-corrected chi connectivity index (χ2v) is 7.19. The molecule has 0 spiro atoms. The van der Waals surface area contributed by atoms with E-state index in [9.17, 15) is 22.8 Å². The number of alkyl halides is 3. The number of carbonyl (C=O) groups excluding carboxylic acids is 2. The average Bonchev–Trinajstić information content (AvgIpc) is 3.24. The van der Waals surface area contributed by atoms with E-state index >= 15 is 0 Å². The van der Waals surface area contributed by atoms with E-state index < -0.39 is 23.6 Å². The number of benzene rings is 1. The summed E-state index contributed by atoms with van der Waals surface area (Å²) < 4.78 is 50.8. The Bertz CT molecular complexity index is 944. The molecule has 2 aromatic rings. The Morgan fingerprint density at radius 1 is 1.17 bits per heavy atom. The number of likely N-dealkylation sites (tertiary alicyclic amines) is 1. The van der Waals surface area contributed by atoms with Gasteiger partial charge in [-0.2, -0.15) is 13.2 Å². The lowest BCUT2D eigenvalue weighted by atomic mass is 10.1.